The van der Waals surface area contributed by atoms with Crippen molar-refractivity contribution in [3.8, 4) is 28.1 Å². The number of hydrogen-bond acceptors (Lipinski definition) is 11. The van der Waals surface area contributed by atoms with Crippen molar-refractivity contribution in [2.45, 2.75) is 96.3 Å². The molecule has 0 spiro atoms. The molecule has 0 unspecified atom stereocenters. The Labute approximate surface area is 385 Å². The van der Waals surface area contributed by atoms with Gasteiger partial charge in [-0.3, -0.25) is 9.59 Å². The lowest BCUT2D eigenvalue weighted by atomic mass is 9.90. The first-order valence-electron chi connectivity index (χ1n) is 22.9. The van der Waals surface area contributed by atoms with Crippen molar-refractivity contribution >= 4 is 45.8 Å². The summed E-state index contributed by atoms with van der Waals surface area (Å²) < 4.78 is 52.8. The van der Waals surface area contributed by atoms with E-state index >= 15 is 0 Å². The van der Waals surface area contributed by atoms with E-state index in [1.807, 2.05) is 49.9 Å². The van der Waals surface area contributed by atoms with E-state index in [0.29, 0.717) is 62.0 Å². The Morgan fingerprint density at radius 2 is 1.67 bits per heavy atom. The predicted octanol–water partition coefficient (Wildman–Crippen LogP) is 7.38. The third-order valence-electron chi connectivity index (χ3n) is 13.8. The number of imidazole rings is 2. The third kappa shape index (κ3) is 9.10. The number of carbonyl (C=O) groups excluding carboxylic acids is 4. The summed E-state index contributed by atoms with van der Waals surface area (Å²) in [5.74, 6) is 0.560. The molecule has 2 aromatic heterocycles. The molecule has 0 bridgehead atoms. The van der Waals surface area contributed by atoms with Crippen molar-refractivity contribution in [1.82, 2.24) is 40.4 Å². The highest BCUT2D eigenvalue weighted by molar-refractivity contribution is 6.07. The highest BCUT2D eigenvalue weighted by atomic mass is 19.3. The molecule has 0 saturated carbocycles. The van der Waals surface area contributed by atoms with Gasteiger partial charge in [0.25, 0.3) is 0 Å². The van der Waals surface area contributed by atoms with E-state index in [4.69, 9.17) is 33.7 Å². The summed E-state index contributed by atoms with van der Waals surface area (Å²) in [6.45, 7) is 3.92. The van der Waals surface area contributed by atoms with Crippen molar-refractivity contribution in [3.63, 3.8) is 0 Å². The van der Waals surface area contributed by atoms with Crippen LogP contribution in [0.1, 0.15) is 82.2 Å². The maximum Gasteiger partial charge on any atom is 0.407 e. The van der Waals surface area contributed by atoms with Gasteiger partial charge in [-0.1, -0.05) is 32.0 Å². The van der Waals surface area contributed by atoms with Gasteiger partial charge in [0, 0.05) is 42.7 Å². The van der Waals surface area contributed by atoms with Crippen LogP contribution in [-0.2, 0) is 35.1 Å². The van der Waals surface area contributed by atoms with Crippen molar-refractivity contribution in [3.05, 3.63) is 65.9 Å². The lowest BCUT2D eigenvalue weighted by molar-refractivity contribution is -0.140. The summed E-state index contributed by atoms with van der Waals surface area (Å²) in [4.78, 5) is 73.2. The maximum atomic E-state index is 14.5. The van der Waals surface area contributed by atoms with E-state index in [0.717, 1.165) is 57.1 Å². The van der Waals surface area contributed by atoms with Gasteiger partial charge in [-0.15, -0.1) is 0 Å². The highest BCUT2D eigenvalue weighted by Gasteiger charge is 2.44. The largest absolute Gasteiger partial charge is 0.488 e. The summed E-state index contributed by atoms with van der Waals surface area (Å²) in [7, 11) is 2.52. The Balaban J connectivity index is 0.977. The summed E-state index contributed by atoms with van der Waals surface area (Å²) in [5.41, 5.74) is 6.03. The number of halogens is 2. The van der Waals surface area contributed by atoms with E-state index < -0.39 is 42.8 Å². The van der Waals surface area contributed by atoms with Crippen LogP contribution >= 0.6 is 0 Å². The SMILES string of the molecule is COC(=O)N[C@H](C(=O)N1[C@@H](C)CC[C@H]1c1ncc(-c2ccc3c(c2)COc2cc4c(ccc5[nH]c([C@@H]6C[C@H](COC(F)F)CN6C(=O)[C@@H](NC(=O)OC)C6CCOCC6)nc54)cc2-3)[nH]1)C(C)C. The number of alkyl halides is 2. The van der Waals surface area contributed by atoms with Gasteiger partial charge in [0.2, 0.25) is 11.8 Å². The van der Waals surface area contributed by atoms with Crippen LogP contribution in [0.3, 0.4) is 0 Å². The minimum Gasteiger partial charge on any atom is -0.488 e. The number of fused-ring (bicyclic) bond motifs is 6. The Bertz CT molecular complexity index is 2670. The quantitative estimate of drug-likeness (QED) is 0.0973. The molecule has 3 saturated heterocycles. The molecule has 17 nitrogen and oxygen atoms in total. The molecular formula is C48H56F2N8O9. The number of aromatic nitrogens is 4. The van der Waals surface area contributed by atoms with E-state index in [1.54, 1.807) is 11.1 Å². The fraction of sp³-hybridized carbons (Fsp3) is 0.500. The van der Waals surface area contributed by atoms with Crippen molar-refractivity contribution < 1.29 is 51.6 Å². The molecule has 4 aliphatic heterocycles. The summed E-state index contributed by atoms with van der Waals surface area (Å²) in [5, 5.41) is 7.21. The molecular weight excluding hydrogens is 871 g/mol. The third-order valence-corrected chi connectivity index (χ3v) is 13.8. The molecule has 0 radical (unpaired) electrons. The van der Waals surface area contributed by atoms with Crippen LogP contribution in [0.2, 0.25) is 0 Å². The number of ether oxygens (including phenoxy) is 5. The fourth-order valence-electron chi connectivity index (χ4n) is 10.3. The number of amides is 4. The lowest BCUT2D eigenvalue weighted by Crippen LogP contribution is -2.53. The molecule has 19 heteroatoms. The fourth-order valence-corrected chi connectivity index (χ4v) is 10.3. The van der Waals surface area contributed by atoms with Crippen LogP contribution in [0, 0.1) is 17.8 Å². The van der Waals surface area contributed by atoms with Gasteiger partial charge >= 0.3 is 18.8 Å². The molecule has 67 heavy (non-hydrogen) atoms. The van der Waals surface area contributed by atoms with Crippen molar-refractivity contribution in [1.29, 1.82) is 0 Å². The van der Waals surface area contributed by atoms with Gasteiger partial charge in [0.15, 0.2) is 0 Å². The predicted molar refractivity (Wildman–Crippen MR) is 241 cm³/mol. The zero-order valence-corrected chi connectivity index (χ0v) is 38.1. The topological polar surface area (TPSA) is 202 Å². The molecule has 6 heterocycles. The summed E-state index contributed by atoms with van der Waals surface area (Å²) >= 11 is 0. The number of nitrogens with zero attached hydrogens (tertiary/aromatic N) is 4. The number of methoxy groups -OCH3 is 2. The van der Waals surface area contributed by atoms with E-state index in [-0.39, 0.29) is 48.9 Å². The molecule has 4 aliphatic rings. The molecule has 356 valence electrons. The second-order valence-electron chi connectivity index (χ2n) is 18.3. The number of alkyl carbamates (subject to hydrolysis) is 2. The van der Waals surface area contributed by atoms with Crippen LogP contribution in [-0.4, -0.2) is 119 Å². The zero-order valence-electron chi connectivity index (χ0n) is 38.1. The van der Waals surface area contributed by atoms with Crippen molar-refractivity contribution in [2.24, 2.45) is 17.8 Å². The second kappa shape index (κ2) is 19.1. The molecule has 0 aliphatic carbocycles. The number of rotatable bonds is 12. The number of carbonyl (C=O) groups is 4. The van der Waals surface area contributed by atoms with E-state index in [1.165, 1.54) is 14.2 Å². The van der Waals surface area contributed by atoms with Gasteiger partial charge in [-0.2, -0.15) is 8.78 Å². The molecule has 6 atom stereocenters. The molecule has 3 aromatic carbocycles. The number of likely N-dealkylation sites (tertiary alicyclic amines) is 2. The number of H-pyrrole nitrogens is 2. The molecule has 5 aromatic rings. The molecule has 9 rings (SSSR count). The second-order valence-corrected chi connectivity index (χ2v) is 18.3. The normalized spacial score (nSPS) is 21.6. The average Bonchev–Trinajstić information content (AvgIpc) is 4.16. The van der Waals surface area contributed by atoms with Crippen LogP contribution in [0.5, 0.6) is 5.75 Å². The van der Waals surface area contributed by atoms with Crippen LogP contribution in [0.25, 0.3) is 44.2 Å². The van der Waals surface area contributed by atoms with E-state index in [9.17, 15) is 28.0 Å². The van der Waals surface area contributed by atoms with Gasteiger partial charge in [-0.05, 0) is 97.2 Å². The Kier molecular flexibility index (Phi) is 13.1. The Morgan fingerprint density at radius 3 is 2.42 bits per heavy atom. The first kappa shape index (κ1) is 45.8. The number of nitrogens with one attached hydrogen (secondary N) is 4. The van der Waals surface area contributed by atoms with Crippen molar-refractivity contribution in [2.75, 3.05) is 40.6 Å². The van der Waals surface area contributed by atoms with E-state index in [2.05, 4.69) is 38.8 Å². The first-order valence-corrected chi connectivity index (χ1v) is 22.9. The van der Waals surface area contributed by atoms with Crippen LogP contribution < -0.4 is 15.4 Å². The lowest BCUT2D eigenvalue weighted by Gasteiger charge is -2.34. The minimum atomic E-state index is -2.95. The standard InChI is InChI=1S/C48H56F2N8O9/c1-24(2)39(55-47(61)63-4)45(60)58-25(3)6-11-36(58)42-51-20-35(53-42)29-7-9-31-30(17-29)23-66-38-19-32-28(18-33(31)38)8-10-34-41(32)54-43(52-34)37-16-26(22-67-46(49)50)21-57(37)44(59)40(56-48(62)64-5)27-12-14-65-15-13-27/h7-10,17-20,24-27,36-37,39-40,46H,6,11-16,21-23H2,1-5H3,(H,51,53)(H,52,54)(H,55,61)(H,56,62)/t25-,26-,36-,37-,39-,40-/m0/s1. The van der Waals surface area contributed by atoms with Crippen LogP contribution in [0.15, 0.2) is 48.7 Å². The monoisotopic (exact) mass is 926 g/mol. The zero-order chi connectivity index (χ0) is 47.1. The number of aromatic amines is 2. The first-order chi connectivity index (χ1) is 32.3. The molecule has 3 fully saturated rings. The minimum absolute atomic E-state index is 0.0444. The molecule has 4 N–H and O–H groups in total. The van der Waals surface area contributed by atoms with Crippen LogP contribution in [0.4, 0.5) is 18.4 Å². The van der Waals surface area contributed by atoms with Gasteiger partial charge in [0.05, 0.1) is 55.8 Å². The Hall–Kier alpha value is -6.34. The average molecular weight is 927 g/mol. The van der Waals surface area contributed by atoms with Gasteiger partial charge < -0.3 is 54.1 Å². The van der Waals surface area contributed by atoms with Gasteiger partial charge in [0.1, 0.15) is 36.1 Å². The summed E-state index contributed by atoms with van der Waals surface area (Å²) in [6.07, 6.45) is 3.34. The van der Waals surface area contributed by atoms with Gasteiger partial charge in [-0.25, -0.2) is 19.6 Å². The Morgan fingerprint density at radius 1 is 0.896 bits per heavy atom. The number of hydrogen-bond donors (Lipinski definition) is 4. The maximum absolute atomic E-state index is 14.5. The smallest absolute Gasteiger partial charge is 0.407 e. The number of benzene rings is 3. The highest BCUT2D eigenvalue weighted by Crippen LogP contribution is 2.44. The summed E-state index contributed by atoms with van der Waals surface area (Å²) in [6, 6.07) is 11.6. The molecule has 4 amide bonds.